The normalized spacial score (nSPS) is 15.0. The van der Waals surface area contributed by atoms with Crippen molar-refractivity contribution in [3.8, 4) is 0 Å². The molecule has 0 spiro atoms. The number of aliphatic hydroxyl groups is 1. The molecule has 0 saturated carbocycles. The van der Waals surface area contributed by atoms with Gasteiger partial charge in [-0.15, -0.1) is 0 Å². The molecule has 0 aromatic heterocycles. The molecule has 2 rings (SSSR count). The van der Waals surface area contributed by atoms with Gasteiger partial charge in [0.25, 0.3) is 5.91 Å². The second-order valence-corrected chi connectivity index (χ2v) is 5.52. The van der Waals surface area contributed by atoms with Crippen LogP contribution in [0.2, 0.25) is 5.02 Å². The van der Waals surface area contributed by atoms with Gasteiger partial charge in [0.15, 0.2) is 0 Å². The van der Waals surface area contributed by atoms with Crippen LogP contribution in [0, 0.1) is 0 Å². The minimum absolute atomic E-state index is 0.0408. The smallest absolute Gasteiger partial charge is 0.416 e. The molecule has 1 aromatic rings. The lowest BCUT2D eigenvalue weighted by Gasteiger charge is -2.16. The zero-order valence-corrected chi connectivity index (χ0v) is 13.7. The predicted octanol–water partition coefficient (Wildman–Crippen LogP) is 2.03. The van der Waals surface area contributed by atoms with Crippen LogP contribution in [-0.4, -0.2) is 48.7 Å². The molecule has 0 atom stereocenters. The lowest BCUT2D eigenvalue weighted by Crippen LogP contribution is -2.31. The molecule has 1 aliphatic rings. The lowest BCUT2D eigenvalue weighted by molar-refractivity contribution is -0.138. The van der Waals surface area contributed by atoms with Crippen molar-refractivity contribution in [3.05, 3.63) is 40.1 Å². The summed E-state index contributed by atoms with van der Waals surface area (Å²) in [5.41, 5.74) is -1.43. The van der Waals surface area contributed by atoms with Crippen molar-refractivity contribution in [2.24, 2.45) is 0 Å². The molecular weight excluding hydrogens is 365 g/mol. The van der Waals surface area contributed by atoms with E-state index in [0.29, 0.717) is 0 Å². The van der Waals surface area contributed by atoms with Gasteiger partial charge in [-0.25, -0.2) is 4.79 Å². The Bertz CT molecular complexity index is 734. The van der Waals surface area contributed by atoms with Crippen LogP contribution in [0.4, 0.5) is 18.9 Å². The minimum atomic E-state index is -4.59. The van der Waals surface area contributed by atoms with E-state index < -0.39 is 23.6 Å². The summed E-state index contributed by atoms with van der Waals surface area (Å²) in [6.07, 6.45) is -4.59. The van der Waals surface area contributed by atoms with Crippen LogP contribution in [-0.2, 0) is 20.5 Å². The van der Waals surface area contributed by atoms with Gasteiger partial charge in [-0.05, 0) is 18.2 Å². The van der Waals surface area contributed by atoms with E-state index in [-0.39, 0.29) is 41.7 Å². The molecule has 136 valence electrons. The van der Waals surface area contributed by atoms with Gasteiger partial charge in [-0.3, -0.25) is 4.79 Å². The van der Waals surface area contributed by atoms with Crippen molar-refractivity contribution in [1.82, 2.24) is 4.90 Å². The van der Waals surface area contributed by atoms with Crippen LogP contribution in [0.25, 0.3) is 0 Å². The van der Waals surface area contributed by atoms with Crippen LogP contribution in [0.5, 0.6) is 0 Å². The first kappa shape index (κ1) is 19.1. The average molecular weight is 379 g/mol. The fraction of sp³-hybridized carbons (Fsp3) is 0.333. The number of hydrogen-bond acceptors (Lipinski definition) is 5. The maximum atomic E-state index is 12.9. The Balaban J connectivity index is 2.41. The Kier molecular flexibility index (Phi) is 5.58. The van der Waals surface area contributed by atoms with Gasteiger partial charge in [-0.1, -0.05) is 11.6 Å². The Labute approximate surface area is 145 Å². The monoisotopic (exact) mass is 378 g/mol. The quantitative estimate of drug-likeness (QED) is 0.767. The van der Waals surface area contributed by atoms with Crippen molar-refractivity contribution < 1.29 is 32.6 Å². The number of benzene rings is 1. The largest absolute Gasteiger partial charge is 0.466 e. The highest BCUT2D eigenvalue weighted by atomic mass is 35.5. The zero-order valence-electron chi connectivity index (χ0n) is 13.0. The molecule has 1 heterocycles. The summed E-state index contributed by atoms with van der Waals surface area (Å²) in [7, 11) is 1.11. The number of aliphatic hydroxyl groups excluding tert-OH is 1. The fourth-order valence-electron chi connectivity index (χ4n) is 2.28. The van der Waals surface area contributed by atoms with Gasteiger partial charge in [-0.2, -0.15) is 13.2 Å². The number of nitrogens with one attached hydrogen (secondary N) is 1. The molecule has 25 heavy (non-hydrogen) atoms. The first-order chi connectivity index (χ1) is 11.7. The summed E-state index contributed by atoms with van der Waals surface area (Å²) in [5, 5.41) is 11.4. The van der Waals surface area contributed by atoms with Gasteiger partial charge in [0, 0.05) is 6.54 Å². The van der Waals surface area contributed by atoms with E-state index in [9.17, 15) is 22.8 Å². The summed E-state index contributed by atoms with van der Waals surface area (Å²) in [4.78, 5) is 25.4. The number of alkyl halides is 3. The van der Waals surface area contributed by atoms with E-state index in [1.807, 2.05) is 0 Å². The van der Waals surface area contributed by atoms with Crippen molar-refractivity contribution in [1.29, 1.82) is 0 Å². The number of carbonyl (C=O) groups excluding carboxylic acids is 2. The highest BCUT2D eigenvalue weighted by Gasteiger charge is 2.35. The van der Waals surface area contributed by atoms with Crippen LogP contribution >= 0.6 is 11.6 Å². The number of ether oxygens (including phenoxy) is 1. The highest BCUT2D eigenvalue weighted by molar-refractivity contribution is 6.33. The van der Waals surface area contributed by atoms with Gasteiger partial charge in [0.05, 0.1) is 42.1 Å². The van der Waals surface area contributed by atoms with E-state index in [1.165, 1.54) is 0 Å². The van der Waals surface area contributed by atoms with Crippen molar-refractivity contribution in [2.75, 3.05) is 32.1 Å². The number of carbonyl (C=O) groups is 2. The second kappa shape index (κ2) is 7.32. The number of β-amino-alcohol motifs (C(OH)–C–C–N with tert-alkyl or cyclic N) is 1. The number of halogens is 4. The molecule has 0 aliphatic carbocycles. The van der Waals surface area contributed by atoms with Crippen LogP contribution in [0.3, 0.4) is 0 Å². The first-order valence-electron chi connectivity index (χ1n) is 7.04. The van der Waals surface area contributed by atoms with E-state index in [4.69, 9.17) is 16.7 Å². The summed E-state index contributed by atoms with van der Waals surface area (Å²) < 4.78 is 43.1. The lowest BCUT2D eigenvalue weighted by atomic mass is 10.1. The van der Waals surface area contributed by atoms with E-state index >= 15 is 0 Å². The molecule has 6 nitrogen and oxygen atoms in total. The van der Waals surface area contributed by atoms with Gasteiger partial charge in [0.2, 0.25) is 0 Å². The maximum absolute atomic E-state index is 12.9. The van der Waals surface area contributed by atoms with E-state index in [0.717, 1.165) is 30.2 Å². The molecular formula is C15H14ClF3N2O4. The molecule has 10 heteroatoms. The number of hydrogen-bond donors (Lipinski definition) is 2. The molecule has 1 aromatic carbocycles. The summed E-state index contributed by atoms with van der Waals surface area (Å²) in [5.74, 6) is -1.46. The predicted molar refractivity (Wildman–Crippen MR) is 82.8 cm³/mol. The van der Waals surface area contributed by atoms with Crippen LogP contribution < -0.4 is 5.32 Å². The van der Waals surface area contributed by atoms with Crippen LogP contribution in [0.15, 0.2) is 29.5 Å². The molecule has 0 fully saturated rings. The van der Waals surface area contributed by atoms with Gasteiger partial charge < -0.3 is 20.1 Å². The van der Waals surface area contributed by atoms with Gasteiger partial charge in [0.1, 0.15) is 5.70 Å². The first-order valence-corrected chi connectivity index (χ1v) is 7.42. The second-order valence-electron chi connectivity index (χ2n) is 5.11. The average Bonchev–Trinajstić information content (AvgIpc) is 2.85. The van der Waals surface area contributed by atoms with Crippen molar-refractivity contribution >= 4 is 29.2 Å². The maximum Gasteiger partial charge on any atom is 0.416 e. The third kappa shape index (κ3) is 4.05. The van der Waals surface area contributed by atoms with Gasteiger partial charge >= 0.3 is 12.1 Å². The molecule has 0 unspecified atom stereocenters. The third-order valence-electron chi connectivity index (χ3n) is 3.51. The standard InChI is InChI=1S/C15H14ClF3N2O4/c1-25-14(24)9-7-21(4-5-22)13(23)12(9)20-11-6-8(15(17,18)19)2-3-10(11)16/h2-3,6,20,22H,4-5,7H2,1H3. The molecule has 1 aliphatic heterocycles. The van der Waals surface area contributed by atoms with Crippen molar-refractivity contribution in [2.45, 2.75) is 6.18 Å². The highest BCUT2D eigenvalue weighted by Crippen LogP contribution is 2.35. The Morgan fingerprint density at radius 1 is 1.44 bits per heavy atom. The number of esters is 1. The molecule has 2 N–H and O–H groups in total. The fourth-order valence-corrected chi connectivity index (χ4v) is 2.45. The molecule has 0 radical (unpaired) electrons. The van der Waals surface area contributed by atoms with Crippen molar-refractivity contribution in [3.63, 3.8) is 0 Å². The summed E-state index contributed by atoms with van der Waals surface area (Å²) >= 11 is 5.90. The SMILES string of the molecule is COC(=O)C1=C(Nc2cc(C(F)(F)F)ccc2Cl)C(=O)N(CCO)C1. The minimum Gasteiger partial charge on any atom is -0.466 e. The third-order valence-corrected chi connectivity index (χ3v) is 3.84. The zero-order chi connectivity index (χ0) is 18.8. The number of nitrogens with zero attached hydrogens (tertiary/aromatic N) is 1. The van der Waals surface area contributed by atoms with Crippen LogP contribution in [0.1, 0.15) is 5.56 Å². The topological polar surface area (TPSA) is 78.9 Å². The number of anilines is 1. The summed E-state index contributed by atoms with van der Waals surface area (Å²) in [6.45, 7) is -0.510. The summed E-state index contributed by atoms with van der Waals surface area (Å²) in [6, 6.07) is 2.58. The Morgan fingerprint density at radius 3 is 2.68 bits per heavy atom. The molecule has 0 bridgehead atoms. The number of amides is 1. The van der Waals surface area contributed by atoms with E-state index in [1.54, 1.807) is 0 Å². The van der Waals surface area contributed by atoms with E-state index in [2.05, 4.69) is 10.1 Å². The number of rotatable bonds is 5. The Morgan fingerprint density at radius 2 is 2.12 bits per heavy atom. The Hall–Kier alpha value is -2.26. The molecule has 0 saturated heterocycles. The number of methoxy groups -OCH3 is 1. The molecule has 1 amide bonds.